The molecule has 0 bridgehead atoms. The van der Waals surface area contributed by atoms with E-state index in [2.05, 4.69) is 14.5 Å². The van der Waals surface area contributed by atoms with Crippen LogP contribution < -0.4 is 5.73 Å². The Labute approximate surface area is 88.1 Å². The second-order valence-electron chi connectivity index (χ2n) is 4.03. The number of hydrogen-bond acceptors (Lipinski definition) is 3. The number of rotatable bonds is 3. The number of aromatic nitrogens is 3. The number of imidazole rings is 1. The van der Waals surface area contributed by atoms with E-state index in [0.717, 1.165) is 23.3 Å². The minimum absolute atomic E-state index is 0.640. The van der Waals surface area contributed by atoms with Crippen molar-refractivity contribution in [2.24, 2.45) is 5.73 Å². The van der Waals surface area contributed by atoms with Crippen LogP contribution in [0.25, 0.3) is 11.0 Å². The zero-order valence-corrected chi connectivity index (χ0v) is 8.56. The van der Waals surface area contributed by atoms with Crippen molar-refractivity contribution in [3.8, 4) is 0 Å². The van der Waals surface area contributed by atoms with Gasteiger partial charge in [-0.3, -0.25) is 4.98 Å². The Kier molecular flexibility index (Phi) is 1.95. The van der Waals surface area contributed by atoms with Gasteiger partial charge in [0.1, 0.15) is 5.82 Å². The maximum atomic E-state index is 5.60. The van der Waals surface area contributed by atoms with Gasteiger partial charge in [-0.05, 0) is 25.5 Å². The third kappa shape index (κ3) is 1.41. The molecule has 0 unspecified atom stereocenters. The van der Waals surface area contributed by atoms with Gasteiger partial charge in [0.15, 0.2) is 0 Å². The molecule has 15 heavy (non-hydrogen) atoms. The molecule has 0 saturated heterocycles. The number of hydrogen-bond donors (Lipinski definition) is 1. The fourth-order valence-corrected chi connectivity index (χ4v) is 2.04. The van der Waals surface area contributed by atoms with Crippen molar-refractivity contribution >= 4 is 11.0 Å². The molecule has 0 amide bonds. The molecule has 1 saturated carbocycles. The highest BCUT2D eigenvalue weighted by Gasteiger charge is 2.27. The molecule has 0 atom stereocenters. The molecule has 1 aliphatic carbocycles. The lowest BCUT2D eigenvalue weighted by atomic mass is 10.4. The van der Waals surface area contributed by atoms with E-state index in [4.69, 9.17) is 5.73 Å². The third-order valence-electron chi connectivity index (χ3n) is 2.84. The molecule has 0 aromatic carbocycles. The highest BCUT2D eigenvalue weighted by molar-refractivity contribution is 5.75. The standard InChI is InChI=1S/C11H14N4/c12-5-3-11-14-9-4-6-13-7-10(9)15(11)8-1-2-8/h4,6-8H,1-3,5,12H2. The number of fused-ring (bicyclic) bond motifs is 1. The van der Waals surface area contributed by atoms with E-state index in [1.807, 2.05) is 12.3 Å². The quantitative estimate of drug-likeness (QED) is 0.815. The molecule has 4 heteroatoms. The van der Waals surface area contributed by atoms with Gasteiger partial charge in [-0.25, -0.2) is 4.98 Å². The van der Waals surface area contributed by atoms with E-state index in [0.29, 0.717) is 12.6 Å². The molecule has 2 N–H and O–H groups in total. The van der Waals surface area contributed by atoms with Crippen LogP contribution in [-0.4, -0.2) is 21.1 Å². The minimum atomic E-state index is 0.640. The first-order valence-corrected chi connectivity index (χ1v) is 5.41. The molecule has 0 aliphatic heterocycles. The molecule has 0 spiro atoms. The molecule has 4 nitrogen and oxygen atoms in total. The monoisotopic (exact) mass is 202 g/mol. The molecule has 2 aromatic rings. The Hall–Kier alpha value is -1.42. The summed E-state index contributed by atoms with van der Waals surface area (Å²) in [6.45, 7) is 0.656. The second-order valence-corrected chi connectivity index (χ2v) is 4.03. The Morgan fingerprint density at radius 3 is 3.07 bits per heavy atom. The van der Waals surface area contributed by atoms with E-state index in [1.54, 1.807) is 6.20 Å². The van der Waals surface area contributed by atoms with Crippen LogP contribution in [0.3, 0.4) is 0 Å². The van der Waals surface area contributed by atoms with Crippen molar-refractivity contribution in [3.63, 3.8) is 0 Å². The molecule has 0 radical (unpaired) electrons. The van der Waals surface area contributed by atoms with Crippen molar-refractivity contribution in [3.05, 3.63) is 24.3 Å². The predicted molar refractivity (Wildman–Crippen MR) is 58.6 cm³/mol. The molecular formula is C11H14N4. The Morgan fingerprint density at radius 2 is 2.33 bits per heavy atom. The predicted octanol–water partition coefficient (Wildman–Crippen LogP) is 1.27. The molecule has 2 aromatic heterocycles. The minimum Gasteiger partial charge on any atom is -0.330 e. The summed E-state index contributed by atoms with van der Waals surface area (Å²) in [6.07, 6.45) is 7.07. The van der Waals surface area contributed by atoms with Crippen molar-refractivity contribution in [2.45, 2.75) is 25.3 Å². The van der Waals surface area contributed by atoms with Crippen molar-refractivity contribution in [2.75, 3.05) is 6.54 Å². The number of nitrogens with zero attached hydrogens (tertiary/aromatic N) is 3. The zero-order valence-electron chi connectivity index (χ0n) is 8.56. The van der Waals surface area contributed by atoms with E-state index < -0.39 is 0 Å². The fraction of sp³-hybridized carbons (Fsp3) is 0.455. The van der Waals surface area contributed by atoms with Gasteiger partial charge in [-0.1, -0.05) is 0 Å². The summed E-state index contributed by atoms with van der Waals surface area (Å²) in [7, 11) is 0. The number of nitrogens with two attached hydrogens (primary N) is 1. The van der Waals surface area contributed by atoms with Crippen LogP contribution in [0.1, 0.15) is 24.7 Å². The third-order valence-corrected chi connectivity index (χ3v) is 2.84. The molecular weight excluding hydrogens is 188 g/mol. The van der Waals surface area contributed by atoms with Crippen LogP contribution >= 0.6 is 0 Å². The smallest absolute Gasteiger partial charge is 0.111 e. The fourth-order valence-electron chi connectivity index (χ4n) is 2.04. The Bertz CT molecular complexity index is 484. The summed E-state index contributed by atoms with van der Waals surface area (Å²) in [5.41, 5.74) is 7.80. The van der Waals surface area contributed by atoms with Gasteiger partial charge < -0.3 is 10.3 Å². The lowest BCUT2D eigenvalue weighted by Gasteiger charge is -2.05. The molecule has 2 heterocycles. The Balaban J connectivity index is 2.19. The largest absolute Gasteiger partial charge is 0.330 e. The lowest BCUT2D eigenvalue weighted by Crippen LogP contribution is -2.09. The maximum Gasteiger partial charge on any atom is 0.111 e. The maximum absolute atomic E-state index is 5.60. The summed E-state index contributed by atoms with van der Waals surface area (Å²) in [6, 6.07) is 2.61. The second kappa shape index (κ2) is 3.31. The zero-order chi connectivity index (χ0) is 10.3. The summed E-state index contributed by atoms with van der Waals surface area (Å²) < 4.78 is 2.31. The first-order valence-electron chi connectivity index (χ1n) is 5.41. The van der Waals surface area contributed by atoms with Gasteiger partial charge in [0.25, 0.3) is 0 Å². The SMILES string of the molecule is NCCc1nc2ccncc2n1C1CC1. The highest BCUT2D eigenvalue weighted by Crippen LogP contribution is 2.38. The normalized spacial score (nSPS) is 16.1. The van der Waals surface area contributed by atoms with E-state index >= 15 is 0 Å². The van der Waals surface area contributed by atoms with E-state index in [1.165, 1.54) is 12.8 Å². The van der Waals surface area contributed by atoms with E-state index in [-0.39, 0.29) is 0 Å². The average Bonchev–Trinajstić information content (AvgIpc) is 3.01. The van der Waals surface area contributed by atoms with Gasteiger partial charge >= 0.3 is 0 Å². The molecule has 1 fully saturated rings. The Morgan fingerprint density at radius 1 is 1.47 bits per heavy atom. The first kappa shape index (κ1) is 8.85. The summed E-state index contributed by atoms with van der Waals surface area (Å²) in [5, 5.41) is 0. The first-order chi connectivity index (χ1) is 7.40. The van der Waals surface area contributed by atoms with Crippen LogP contribution in [-0.2, 0) is 6.42 Å². The topological polar surface area (TPSA) is 56.7 Å². The van der Waals surface area contributed by atoms with Crippen molar-refractivity contribution in [1.82, 2.24) is 14.5 Å². The van der Waals surface area contributed by atoms with Crippen LogP contribution in [0, 0.1) is 0 Å². The van der Waals surface area contributed by atoms with Crippen LogP contribution in [0.4, 0.5) is 0 Å². The summed E-state index contributed by atoms with van der Waals surface area (Å²) >= 11 is 0. The lowest BCUT2D eigenvalue weighted by molar-refractivity contribution is 0.695. The van der Waals surface area contributed by atoms with Crippen LogP contribution in [0.2, 0.25) is 0 Å². The summed E-state index contributed by atoms with van der Waals surface area (Å²) in [4.78, 5) is 8.77. The van der Waals surface area contributed by atoms with Gasteiger partial charge in [0.05, 0.1) is 17.2 Å². The number of pyridine rings is 1. The van der Waals surface area contributed by atoms with E-state index in [9.17, 15) is 0 Å². The molecule has 78 valence electrons. The summed E-state index contributed by atoms with van der Waals surface area (Å²) in [5.74, 6) is 1.11. The van der Waals surface area contributed by atoms with Crippen molar-refractivity contribution in [1.29, 1.82) is 0 Å². The van der Waals surface area contributed by atoms with Gasteiger partial charge in [0.2, 0.25) is 0 Å². The van der Waals surface area contributed by atoms with Gasteiger partial charge in [-0.2, -0.15) is 0 Å². The highest BCUT2D eigenvalue weighted by atomic mass is 15.1. The molecule has 1 aliphatic rings. The molecule has 3 rings (SSSR count). The van der Waals surface area contributed by atoms with Crippen LogP contribution in [0.5, 0.6) is 0 Å². The van der Waals surface area contributed by atoms with Gasteiger partial charge in [-0.15, -0.1) is 0 Å². The average molecular weight is 202 g/mol. The van der Waals surface area contributed by atoms with Gasteiger partial charge in [0, 0.05) is 18.7 Å². The van der Waals surface area contributed by atoms with Crippen LogP contribution in [0.15, 0.2) is 18.5 Å². The van der Waals surface area contributed by atoms with Crippen molar-refractivity contribution < 1.29 is 0 Å².